The lowest BCUT2D eigenvalue weighted by molar-refractivity contribution is 0.255. The third-order valence-corrected chi connectivity index (χ3v) is 2.68. The van der Waals surface area contributed by atoms with Crippen LogP contribution in [0.15, 0.2) is 0 Å². The van der Waals surface area contributed by atoms with E-state index in [9.17, 15) is 0 Å². The van der Waals surface area contributed by atoms with Gasteiger partial charge in [0.1, 0.15) is 0 Å². The molecule has 0 bridgehead atoms. The van der Waals surface area contributed by atoms with E-state index in [0.29, 0.717) is 18.1 Å². The molecular formula is C10H23N3. The summed E-state index contributed by atoms with van der Waals surface area (Å²) in [4.78, 5) is 4.72. The van der Waals surface area contributed by atoms with E-state index in [1.54, 1.807) is 0 Å². The molecule has 1 heterocycles. The van der Waals surface area contributed by atoms with Gasteiger partial charge in [0.15, 0.2) is 0 Å². The molecule has 13 heavy (non-hydrogen) atoms. The zero-order chi connectivity index (χ0) is 10.0. The first-order chi connectivity index (χ1) is 6.00. The fourth-order valence-corrected chi connectivity index (χ4v) is 2.09. The van der Waals surface area contributed by atoms with Crippen LogP contribution in [0.4, 0.5) is 0 Å². The Morgan fingerprint density at radius 1 is 1.31 bits per heavy atom. The Balaban J connectivity index is 2.50. The third-order valence-electron chi connectivity index (χ3n) is 2.68. The van der Waals surface area contributed by atoms with Crippen molar-refractivity contribution >= 4 is 0 Å². The minimum Gasteiger partial charge on any atom is -0.309 e. The van der Waals surface area contributed by atoms with Crippen LogP contribution in [0, 0.1) is 0 Å². The third kappa shape index (κ3) is 2.93. The van der Waals surface area contributed by atoms with E-state index in [-0.39, 0.29) is 0 Å². The van der Waals surface area contributed by atoms with Gasteiger partial charge in [0.05, 0.1) is 0 Å². The van der Waals surface area contributed by atoms with E-state index in [2.05, 4.69) is 50.1 Å². The molecule has 1 rings (SSSR count). The predicted octanol–water partition coefficient (Wildman–Crippen LogP) is 0.229. The maximum absolute atomic E-state index is 3.62. The minimum atomic E-state index is 0.582. The molecule has 1 N–H and O–H groups in total. The van der Waals surface area contributed by atoms with Gasteiger partial charge in [0.25, 0.3) is 0 Å². The first-order valence-electron chi connectivity index (χ1n) is 5.11. The van der Waals surface area contributed by atoms with Crippen molar-refractivity contribution < 1.29 is 0 Å². The summed E-state index contributed by atoms with van der Waals surface area (Å²) in [6, 6.07) is 1.87. The van der Waals surface area contributed by atoms with Gasteiger partial charge < -0.3 is 15.1 Å². The fourth-order valence-electron chi connectivity index (χ4n) is 2.09. The number of likely N-dealkylation sites (tertiary alicyclic amines) is 1. The lowest BCUT2D eigenvalue weighted by atomic mass is 10.1. The molecular weight excluding hydrogens is 162 g/mol. The smallest absolute Gasteiger partial charge is 0.0382 e. The van der Waals surface area contributed by atoms with Crippen molar-refractivity contribution in [1.82, 2.24) is 15.1 Å². The Morgan fingerprint density at radius 2 is 1.92 bits per heavy atom. The summed E-state index contributed by atoms with van der Waals surface area (Å²) in [6.45, 7) is 6.77. The molecule has 0 saturated carbocycles. The van der Waals surface area contributed by atoms with Crippen LogP contribution in [0.5, 0.6) is 0 Å². The summed E-state index contributed by atoms with van der Waals surface area (Å²) in [5, 5.41) is 3.62. The molecule has 3 heteroatoms. The average Bonchev–Trinajstić information content (AvgIpc) is 2.29. The zero-order valence-corrected chi connectivity index (χ0v) is 9.54. The highest BCUT2D eigenvalue weighted by molar-refractivity contribution is 4.93. The number of nitrogens with one attached hydrogen (secondary N) is 1. The Hall–Kier alpha value is -0.120. The van der Waals surface area contributed by atoms with Gasteiger partial charge >= 0.3 is 0 Å². The Bertz CT molecular complexity index is 156. The van der Waals surface area contributed by atoms with Gasteiger partial charge in [-0.05, 0) is 21.1 Å². The molecule has 1 aliphatic heterocycles. The fraction of sp³-hybridized carbons (Fsp3) is 1.00. The second kappa shape index (κ2) is 4.40. The SMILES string of the molecule is CC(C)N[C@H]1CN(C)C[C@@H]1N(C)C. The average molecular weight is 185 g/mol. The van der Waals surface area contributed by atoms with E-state index in [0.717, 1.165) is 0 Å². The Labute approximate surface area is 82.1 Å². The number of hydrogen-bond donors (Lipinski definition) is 1. The van der Waals surface area contributed by atoms with E-state index < -0.39 is 0 Å². The molecule has 2 atom stereocenters. The quantitative estimate of drug-likeness (QED) is 0.679. The second-order valence-corrected chi connectivity index (χ2v) is 4.68. The highest BCUT2D eigenvalue weighted by Gasteiger charge is 2.32. The van der Waals surface area contributed by atoms with Crippen molar-refractivity contribution in [2.45, 2.75) is 32.0 Å². The summed E-state index contributed by atoms with van der Waals surface area (Å²) >= 11 is 0. The molecule has 0 aromatic rings. The zero-order valence-electron chi connectivity index (χ0n) is 9.54. The van der Waals surface area contributed by atoms with Gasteiger partial charge in [-0.15, -0.1) is 0 Å². The normalized spacial score (nSPS) is 30.7. The molecule has 1 fully saturated rings. The van der Waals surface area contributed by atoms with Crippen molar-refractivity contribution in [3.8, 4) is 0 Å². The maximum Gasteiger partial charge on any atom is 0.0382 e. The summed E-state index contributed by atoms with van der Waals surface area (Å²) in [6.07, 6.45) is 0. The summed E-state index contributed by atoms with van der Waals surface area (Å²) < 4.78 is 0. The van der Waals surface area contributed by atoms with Crippen LogP contribution in [0.3, 0.4) is 0 Å². The molecule has 0 spiro atoms. The van der Waals surface area contributed by atoms with Gasteiger partial charge in [0, 0.05) is 31.2 Å². The molecule has 0 unspecified atom stereocenters. The van der Waals surface area contributed by atoms with E-state index in [1.807, 2.05) is 0 Å². The molecule has 78 valence electrons. The molecule has 1 saturated heterocycles. The molecule has 0 radical (unpaired) electrons. The standard InChI is InChI=1S/C10H23N3/c1-8(2)11-9-6-13(5)7-10(9)12(3)4/h8-11H,6-7H2,1-5H3/t9-,10-/m0/s1. The van der Waals surface area contributed by atoms with Crippen LogP contribution in [0.25, 0.3) is 0 Å². The van der Waals surface area contributed by atoms with Crippen LogP contribution in [-0.4, -0.2) is 62.2 Å². The Morgan fingerprint density at radius 3 is 2.38 bits per heavy atom. The van der Waals surface area contributed by atoms with Crippen molar-refractivity contribution in [3.63, 3.8) is 0 Å². The Kier molecular flexibility index (Phi) is 3.71. The molecule has 0 aromatic heterocycles. The first-order valence-corrected chi connectivity index (χ1v) is 5.11. The number of nitrogens with zero attached hydrogens (tertiary/aromatic N) is 2. The van der Waals surface area contributed by atoms with E-state index >= 15 is 0 Å². The van der Waals surface area contributed by atoms with Gasteiger partial charge in [-0.25, -0.2) is 0 Å². The minimum absolute atomic E-state index is 0.582. The lowest BCUT2D eigenvalue weighted by Crippen LogP contribution is -2.48. The van der Waals surface area contributed by atoms with Crippen LogP contribution < -0.4 is 5.32 Å². The summed E-state index contributed by atoms with van der Waals surface area (Å²) in [5.41, 5.74) is 0. The number of hydrogen-bond acceptors (Lipinski definition) is 3. The largest absolute Gasteiger partial charge is 0.309 e. The monoisotopic (exact) mass is 185 g/mol. The second-order valence-electron chi connectivity index (χ2n) is 4.68. The van der Waals surface area contributed by atoms with Crippen molar-refractivity contribution in [2.75, 3.05) is 34.2 Å². The number of likely N-dealkylation sites (N-methyl/N-ethyl adjacent to an activating group) is 2. The van der Waals surface area contributed by atoms with Crippen LogP contribution in [-0.2, 0) is 0 Å². The summed E-state index contributed by atoms with van der Waals surface area (Å²) in [5.74, 6) is 0. The highest BCUT2D eigenvalue weighted by atomic mass is 15.3. The van der Waals surface area contributed by atoms with Gasteiger partial charge in [0.2, 0.25) is 0 Å². The molecule has 0 aromatic carbocycles. The van der Waals surface area contributed by atoms with Crippen LogP contribution in [0.1, 0.15) is 13.8 Å². The van der Waals surface area contributed by atoms with Gasteiger partial charge in [-0.2, -0.15) is 0 Å². The van der Waals surface area contributed by atoms with E-state index in [4.69, 9.17) is 0 Å². The van der Waals surface area contributed by atoms with Crippen LogP contribution >= 0.6 is 0 Å². The van der Waals surface area contributed by atoms with Gasteiger partial charge in [-0.1, -0.05) is 13.8 Å². The van der Waals surface area contributed by atoms with Gasteiger partial charge in [-0.3, -0.25) is 0 Å². The predicted molar refractivity (Wildman–Crippen MR) is 57.0 cm³/mol. The first kappa shape index (κ1) is 11.0. The topological polar surface area (TPSA) is 18.5 Å². The molecule has 0 amide bonds. The van der Waals surface area contributed by atoms with Crippen molar-refractivity contribution in [3.05, 3.63) is 0 Å². The highest BCUT2D eigenvalue weighted by Crippen LogP contribution is 2.12. The molecule has 3 nitrogen and oxygen atoms in total. The van der Waals surface area contributed by atoms with Crippen LogP contribution in [0.2, 0.25) is 0 Å². The number of rotatable bonds is 3. The summed E-state index contributed by atoms with van der Waals surface area (Å²) in [7, 11) is 6.52. The van der Waals surface area contributed by atoms with E-state index in [1.165, 1.54) is 13.1 Å². The molecule has 1 aliphatic rings. The van der Waals surface area contributed by atoms with Crippen molar-refractivity contribution in [2.24, 2.45) is 0 Å². The van der Waals surface area contributed by atoms with Crippen molar-refractivity contribution in [1.29, 1.82) is 0 Å². The molecule has 0 aliphatic carbocycles. The lowest BCUT2D eigenvalue weighted by Gasteiger charge is -2.27. The maximum atomic E-state index is 3.62.